The van der Waals surface area contributed by atoms with Crippen LogP contribution in [0.4, 0.5) is 0 Å². The smallest absolute Gasteiger partial charge is 0.320 e. The SMILES string of the molecule is CNC(=O)COCCOCCNC(=O)CC[C@H](NCC(=O)CCCCCCCCCCCCCCc1nnn[nH]1)C(=O)O. The minimum absolute atomic E-state index is 0.00826. The molecule has 0 fully saturated rings. The maximum atomic E-state index is 12.2. The number of nitrogens with zero attached hydrogens (tertiary/aromatic N) is 3. The third-order valence-corrected chi connectivity index (χ3v) is 6.96. The molecule has 0 bridgehead atoms. The Morgan fingerprint density at radius 3 is 2.05 bits per heavy atom. The summed E-state index contributed by atoms with van der Waals surface area (Å²) < 4.78 is 10.4. The van der Waals surface area contributed by atoms with Gasteiger partial charge in [-0.3, -0.25) is 24.5 Å². The summed E-state index contributed by atoms with van der Waals surface area (Å²) in [5.74, 6) is -0.730. The fraction of sp³-hybridized carbons (Fsp3) is 0.828. The zero-order valence-electron chi connectivity index (χ0n) is 25.9. The number of rotatable bonds is 30. The number of Topliss-reactive ketones (excluding diaryl/α,β-unsaturated/α-hetero) is 1. The number of ketones is 1. The molecule has 2 amide bonds. The number of aliphatic carboxylic acids is 1. The van der Waals surface area contributed by atoms with E-state index in [1.165, 1.54) is 58.4 Å². The molecule has 0 radical (unpaired) electrons. The van der Waals surface area contributed by atoms with Gasteiger partial charge < -0.3 is 25.2 Å². The Hall–Kier alpha value is -2.97. The highest BCUT2D eigenvalue weighted by Crippen LogP contribution is 2.13. The van der Waals surface area contributed by atoms with Crippen LogP contribution in [0.2, 0.25) is 0 Å². The summed E-state index contributed by atoms with van der Waals surface area (Å²) in [5, 5.41) is 31.2. The fourth-order valence-electron chi connectivity index (χ4n) is 4.39. The van der Waals surface area contributed by atoms with Gasteiger partial charge in [0, 0.05) is 32.9 Å². The van der Waals surface area contributed by atoms with Crippen LogP contribution in [0.15, 0.2) is 0 Å². The van der Waals surface area contributed by atoms with Crippen LogP contribution in [0.1, 0.15) is 102 Å². The van der Waals surface area contributed by atoms with Crippen molar-refractivity contribution in [2.75, 3.05) is 46.6 Å². The molecule has 0 aliphatic heterocycles. The predicted molar refractivity (Wildman–Crippen MR) is 160 cm³/mol. The molecule has 0 aliphatic rings. The topological polar surface area (TPSA) is 198 Å². The van der Waals surface area contributed by atoms with Crippen LogP contribution in [0.25, 0.3) is 0 Å². The lowest BCUT2D eigenvalue weighted by atomic mass is 10.0. The number of aromatic nitrogens is 4. The van der Waals surface area contributed by atoms with Crippen LogP contribution < -0.4 is 16.0 Å². The van der Waals surface area contributed by atoms with Crippen molar-refractivity contribution >= 4 is 23.6 Å². The molecule has 0 unspecified atom stereocenters. The lowest BCUT2D eigenvalue weighted by molar-refractivity contribution is -0.139. The summed E-state index contributed by atoms with van der Waals surface area (Å²) >= 11 is 0. The molecule has 0 saturated heterocycles. The molecule has 0 spiro atoms. The number of unbranched alkanes of at least 4 members (excludes halogenated alkanes) is 11. The molecular weight excluding hydrogens is 558 g/mol. The van der Waals surface area contributed by atoms with E-state index in [9.17, 15) is 24.3 Å². The second-order valence-electron chi connectivity index (χ2n) is 10.6. The molecule has 0 aromatic carbocycles. The van der Waals surface area contributed by atoms with E-state index in [0.29, 0.717) is 13.0 Å². The Morgan fingerprint density at radius 2 is 1.44 bits per heavy atom. The van der Waals surface area contributed by atoms with Gasteiger partial charge in [0.1, 0.15) is 24.3 Å². The molecule has 1 aromatic heterocycles. The normalized spacial score (nSPS) is 11.7. The highest BCUT2D eigenvalue weighted by molar-refractivity contribution is 5.82. The minimum Gasteiger partial charge on any atom is -0.480 e. The Bertz CT molecular complexity index is 871. The summed E-state index contributed by atoms with van der Waals surface area (Å²) in [6, 6.07) is -0.958. The molecule has 1 atom stereocenters. The van der Waals surface area contributed by atoms with Gasteiger partial charge in [0.15, 0.2) is 0 Å². The summed E-state index contributed by atoms with van der Waals surface area (Å²) in [6.45, 7) is 1.07. The summed E-state index contributed by atoms with van der Waals surface area (Å²) in [6.07, 6.45) is 15.5. The Labute approximate surface area is 255 Å². The Kier molecular flexibility index (Phi) is 23.6. The highest BCUT2D eigenvalue weighted by Gasteiger charge is 2.19. The molecule has 1 rings (SSSR count). The molecule has 43 heavy (non-hydrogen) atoms. The summed E-state index contributed by atoms with van der Waals surface area (Å²) in [4.78, 5) is 46.7. The van der Waals surface area contributed by atoms with E-state index in [-0.39, 0.29) is 63.3 Å². The number of carboxylic acid groups (broad SMARTS) is 1. The van der Waals surface area contributed by atoms with E-state index in [2.05, 4.69) is 36.6 Å². The first-order chi connectivity index (χ1) is 20.9. The summed E-state index contributed by atoms with van der Waals surface area (Å²) in [5.41, 5.74) is 0. The maximum absolute atomic E-state index is 12.2. The second kappa shape index (κ2) is 26.6. The molecule has 1 heterocycles. The van der Waals surface area contributed by atoms with Gasteiger partial charge in [0.2, 0.25) is 11.8 Å². The van der Waals surface area contributed by atoms with E-state index < -0.39 is 12.0 Å². The van der Waals surface area contributed by atoms with Crippen molar-refractivity contribution in [3.05, 3.63) is 5.82 Å². The van der Waals surface area contributed by atoms with Gasteiger partial charge in [0.05, 0.1) is 26.4 Å². The highest BCUT2D eigenvalue weighted by atomic mass is 16.5. The van der Waals surface area contributed by atoms with E-state index in [1.807, 2.05) is 0 Å². The van der Waals surface area contributed by atoms with Crippen LogP contribution in [0.5, 0.6) is 0 Å². The molecule has 1 aromatic rings. The number of carbonyl (C=O) groups excluding carboxylic acids is 3. The third kappa shape index (κ3) is 23.2. The number of amides is 2. The number of aryl methyl sites for hydroxylation is 1. The van der Waals surface area contributed by atoms with Gasteiger partial charge in [-0.15, -0.1) is 5.10 Å². The van der Waals surface area contributed by atoms with Crippen molar-refractivity contribution < 1.29 is 33.8 Å². The van der Waals surface area contributed by atoms with Crippen LogP contribution in [0, 0.1) is 0 Å². The first kappa shape index (κ1) is 38.1. The summed E-state index contributed by atoms with van der Waals surface area (Å²) in [7, 11) is 1.53. The monoisotopic (exact) mass is 611 g/mol. The van der Waals surface area contributed by atoms with E-state index in [1.54, 1.807) is 0 Å². The number of carbonyl (C=O) groups is 4. The number of hydrogen-bond donors (Lipinski definition) is 5. The maximum Gasteiger partial charge on any atom is 0.320 e. The van der Waals surface area contributed by atoms with Crippen LogP contribution in [-0.2, 0) is 35.1 Å². The van der Waals surface area contributed by atoms with Crippen molar-refractivity contribution in [2.45, 2.75) is 109 Å². The second-order valence-corrected chi connectivity index (χ2v) is 10.6. The average molecular weight is 612 g/mol. The number of nitrogens with one attached hydrogen (secondary N) is 4. The minimum atomic E-state index is -1.08. The first-order valence-electron chi connectivity index (χ1n) is 15.8. The number of hydrogen-bond acceptors (Lipinski definition) is 10. The van der Waals surface area contributed by atoms with Gasteiger partial charge in [-0.05, 0) is 29.7 Å². The Morgan fingerprint density at radius 1 is 0.814 bits per heavy atom. The number of H-pyrrole nitrogens is 1. The van der Waals surface area contributed by atoms with Crippen LogP contribution in [-0.4, -0.2) is 102 Å². The van der Waals surface area contributed by atoms with Crippen molar-refractivity contribution in [2.24, 2.45) is 0 Å². The van der Waals surface area contributed by atoms with Crippen molar-refractivity contribution in [1.29, 1.82) is 0 Å². The van der Waals surface area contributed by atoms with E-state index in [0.717, 1.165) is 37.9 Å². The zero-order chi connectivity index (χ0) is 31.4. The molecular formula is C29H53N7O7. The van der Waals surface area contributed by atoms with Crippen LogP contribution in [0.3, 0.4) is 0 Å². The van der Waals surface area contributed by atoms with E-state index in [4.69, 9.17) is 9.47 Å². The lowest BCUT2D eigenvalue weighted by Gasteiger charge is -2.14. The van der Waals surface area contributed by atoms with Gasteiger partial charge in [-0.1, -0.05) is 64.2 Å². The zero-order valence-corrected chi connectivity index (χ0v) is 25.9. The number of aromatic amines is 1. The number of likely N-dealkylation sites (N-methyl/N-ethyl adjacent to an activating group) is 1. The van der Waals surface area contributed by atoms with Gasteiger partial charge in [0.25, 0.3) is 0 Å². The molecule has 5 N–H and O–H groups in total. The average Bonchev–Trinajstić information content (AvgIpc) is 3.51. The fourth-order valence-corrected chi connectivity index (χ4v) is 4.39. The number of ether oxygens (including phenoxy) is 2. The predicted octanol–water partition coefficient (Wildman–Crippen LogP) is 2.10. The van der Waals surface area contributed by atoms with Gasteiger partial charge >= 0.3 is 5.97 Å². The van der Waals surface area contributed by atoms with Crippen molar-refractivity contribution in [3.63, 3.8) is 0 Å². The molecule has 14 heteroatoms. The first-order valence-corrected chi connectivity index (χ1v) is 15.8. The van der Waals surface area contributed by atoms with Crippen molar-refractivity contribution in [1.82, 2.24) is 36.6 Å². The third-order valence-electron chi connectivity index (χ3n) is 6.96. The standard InChI is InChI=1S/C29H53N7O7/c1-30-28(39)23-43-21-20-42-19-18-31-27(38)17-16-25(29(40)41)32-22-24(37)14-12-10-8-6-4-2-3-5-7-9-11-13-15-26-33-35-36-34-26/h25,32H,2-23H2,1H3,(H,30,39)(H,31,38)(H,40,41)(H,33,34,35,36)/t25-/m0/s1. The quantitative estimate of drug-likeness (QED) is 0.0799. The number of tetrazole rings is 1. The lowest BCUT2D eigenvalue weighted by Crippen LogP contribution is -2.40. The largest absolute Gasteiger partial charge is 0.480 e. The van der Waals surface area contributed by atoms with E-state index >= 15 is 0 Å². The Balaban J connectivity index is 1.92. The molecule has 0 saturated carbocycles. The number of carboxylic acids is 1. The molecule has 14 nitrogen and oxygen atoms in total. The molecule has 0 aliphatic carbocycles. The molecule has 246 valence electrons. The van der Waals surface area contributed by atoms with Crippen LogP contribution >= 0.6 is 0 Å². The van der Waals surface area contributed by atoms with Crippen molar-refractivity contribution in [3.8, 4) is 0 Å². The van der Waals surface area contributed by atoms with Gasteiger partial charge in [-0.25, -0.2) is 5.10 Å². The van der Waals surface area contributed by atoms with Gasteiger partial charge in [-0.2, -0.15) is 0 Å².